The van der Waals surface area contributed by atoms with Gasteiger partial charge in [-0.1, -0.05) is 117 Å². The number of fused-ring (bicyclic) bond motifs is 1. The summed E-state index contributed by atoms with van der Waals surface area (Å²) in [5.74, 6) is 1.07. The van der Waals surface area contributed by atoms with Crippen molar-refractivity contribution in [2.45, 2.75) is 46.2 Å². The number of halogens is 1. The number of aryl methyl sites for hydroxylation is 1. The summed E-state index contributed by atoms with van der Waals surface area (Å²) in [6.45, 7) is 4.86. The highest BCUT2D eigenvalue weighted by atomic mass is 79.9. The van der Waals surface area contributed by atoms with E-state index in [0.717, 1.165) is 50.3 Å². The second-order valence-corrected chi connectivity index (χ2v) is 12.8. The Kier molecular flexibility index (Phi) is 10.9. The van der Waals surface area contributed by atoms with Crippen LogP contribution in [-0.4, -0.2) is 16.8 Å². The summed E-state index contributed by atoms with van der Waals surface area (Å²) in [5.41, 5.74) is 6.29. The Labute approximate surface area is 296 Å². The van der Waals surface area contributed by atoms with Gasteiger partial charge >= 0.3 is 5.97 Å². The summed E-state index contributed by atoms with van der Waals surface area (Å²) in [6, 6.07) is 43.9. The highest BCUT2D eigenvalue weighted by molar-refractivity contribution is 9.10. The first-order valence-electron chi connectivity index (χ1n) is 16.6. The molecule has 0 saturated carbocycles. The summed E-state index contributed by atoms with van der Waals surface area (Å²) in [5, 5.41) is 1.97. The van der Waals surface area contributed by atoms with Crippen LogP contribution < -0.4 is 9.47 Å². The average Bonchev–Trinajstić information content (AvgIpc) is 3.14. The van der Waals surface area contributed by atoms with Crippen molar-refractivity contribution in [1.29, 1.82) is 0 Å². The van der Waals surface area contributed by atoms with Gasteiger partial charge in [0.05, 0.1) is 4.47 Å². The molecule has 0 aliphatic heterocycles. The van der Waals surface area contributed by atoms with Gasteiger partial charge in [-0.15, -0.1) is 0 Å². The maximum atomic E-state index is 14.0. The van der Waals surface area contributed by atoms with Crippen molar-refractivity contribution in [3.63, 3.8) is 0 Å². The zero-order valence-corrected chi connectivity index (χ0v) is 29.3. The summed E-state index contributed by atoms with van der Waals surface area (Å²) in [7, 11) is 0. The van der Waals surface area contributed by atoms with Crippen LogP contribution in [-0.2, 0) is 24.3 Å². The monoisotopic (exact) mass is 711 g/mol. The van der Waals surface area contributed by atoms with E-state index in [0.29, 0.717) is 35.9 Å². The molecule has 0 bridgehead atoms. The molecule has 0 aliphatic rings. The molecule has 0 radical (unpaired) electrons. The van der Waals surface area contributed by atoms with E-state index >= 15 is 0 Å². The smallest absolute Gasteiger partial charge is 0.311 e. The van der Waals surface area contributed by atoms with Crippen molar-refractivity contribution in [1.82, 2.24) is 4.90 Å². The Morgan fingerprint density at radius 3 is 1.96 bits per heavy atom. The zero-order chi connectivity index (χ0) is 34.2. The first-order chi connectivity index (χ1) is 23.9. The summed E-state index contributed by atoms with van der Waals surface area (Å²) in [4.78, 5) is 27.9. The van der Waals surface area contributed by atoms with Crippen LogP contribution in [0.25, 0.3) is 21.9 Å². The molecule has 0 saturated heterocycles. The molecule has 246 valence electrons. The van der Waals surface area contributed by atoms with Gasteiger partial charge in [-0.3, -0.25) is 9.59 Å². The fourth-order valence-corrected chi connectivity index (χ4v) is 6.37. The number of para-hydroxylation sites is 2. The number of carbonyl (C=O) groups is 2. The maximum Gasteiger partial charge on any atom is 0.311 e. The van der Waals surface area contributed by atoms with Crippen molar-refractivity contribution in [2.75, 3.05) is 0 Å². The lowest BCUT2D eigenvalue weighted by Crippen LogP contribution is -2.30. The number of ether oxygens (including phenoxy) is 2. The van der Waals surface area contributed by atoms with E-state index in [1.165, 1.54) is 5.56 Å². The topological polar surface area (TPSA) is 55.8 Å². The van der Waals surface area contributed by atoms with Crippen LogP contribution in [0.4, 0.5) is 0 Å². The summed E-state index contributed by atoms with van der Waals surface area (Å²) < 4.78 is 12.5. The molecular weight excluding hydrogens is 674 g/mol. The fraction of sp³-hybridized carbons (Fsp3) is 0.163. The quantitative estimate of drug-likeness (QED) is 0.0936. The molecule has 0 N–H and O–H groups in total. The number of carbonyl (C=O) groups excluding carboxylic acids is 2. The van der Waals surface area contributed by atoms with Crippen molar-refractivity contribution in [2.24, 2.45) is 0 Å². The van der Waals surface area contributed by atoms with E-state index < -0.39 is 0 Å². The SMILES string of the molecule is CCCc1ccc(-c2ccc(C(=O)N(Cc3ccccc3)Cc3ccc4c(Br)c(Oc5ccccc5OC(=O)CC)ccc4c3)cc2)cc1. The lowest BCUT2D eigenvalue weighted by molar-refractivity contribution is -0.134. The normalized spacial score (nSPS) is 10.9. The van der Waals surface area contributed by atoms with Gasteiger partial charge in [0.1, 0.15) is 5.75 Å². The predicted octanol–water partition coefficient (Wildman–Crippen LogP) is 11.2. The minimum absolute atomic E-state index is 0.0267. The Balaban J connectivity index is 1.23. The minimum Gasteiger partial charge on any atom is -0.452 e. The molecule has 5 nitrogen and oxygen atoms in total. The van der Waals surface area contributed by atoms with Crippen molar-refractivity contribution >= 4 is 38.6 Å². The number of rotatable bonds is 12. The van der Waals surface area contributed by atoms with Crippen LogP contribution in [0.5, 0.6) is 17.2 Å². The molecule has 0 unspecified atom stereocenters. The average molecular weight is 713 g/mol. The molecule has 6 aromatic carbocycles. The highest BCUT2D eigenvalue weighted by Gasteiger charge is 2.19. The number of benzene rings is 6. The Hall–Kier alpha value is -5.20. The summed E-state index contributed by atoms with van der Waals surface area (Å²) >= 11 is 3.74. The largest absolute Gasteiger partial charge is 0.452 e. The molecule has 6 rings (SSSR count). The molecule has 0 spiro atoms. The second kappa shape index (κ2) is 15.8. The van der Waals surface area contributed by atoms with E-state index in [9.17, 15) is 9.59 Å². The van der Waals surface area contributed by atoms with E-state index in [-0.39, 0.29) is 18.3 Å². The van der Waals surface area contributed by atoms with Crippen LogP contribution in [0.1, 0.15) is 53.7 Å². The van der Waals surface area contributed by atoms with Gasteiger partial charge in [0.15, 0.2) is 11.5 Å². The van der Waals surface area contributed by atoms with Gasteiger partial charge in [0.2, 0.25) is 0 Å². The number of amides is 1. The van der Waals surface area contributed by atoms with Gasteiger partial charge in [-0.25, -0.2) is 0 Å². The van der Waals surface area contributed by atoms with E-state index in [1.807, 2.05) is 89.8 Å². The summed E-state index contributed by atoms with van der Waals surface area (Å²) in [6.07, 6.45) is 2.46. The molecule has 0 aliphatic carbocycles. The van der Waals surface area contributed by atoms with E-state index in [4.69, 9.17) is 9.47 Å². The Morgan fingerprint density at radius 2 is 1.27 bits per heavy atom. The van der Waals surface area contributed by atoms with Crippen LogP contribution in [0, 0.1) is 0 Å². The van der Waals surface area contributed by atoms with E-state index in [1.54, 1.807) is 25.1 Å². The van der Waals surface area contributed by atoms with Gasteiger partial charge in [-0.2, -0.15) is 0 Å². The third-order valence-electron chi connectivity index (χ3n) is 8.40. The molecular formula is C43H38BrNO4. The third kappa shape index (κ3) is 8.27. The van der Waals surface area contributed by atoms with Crippen LogP contribution in [0.3, 0.4) is 0 Å². The van der Waals surface area contributed by atoms with Crippen molar-refractivity contribution in [3.05, 3.63) is 160 Å². The van der Waals surface area contributed by atoms with Gasteiger partial charge in [-0.05, 0) is 97.3 Å². The predicted molar refractivity (Wildman–Crippen MR) is 200 cm³/mol. The van der Waals surface area contributed by atoms with Crippen molar-refractivity contribution < 1.29 is 19.1 Å². The highest BCUT2D eigenvalue weighted by Crippen LogP contribution is 2.39. The number of hydrogen-bond donors (Lipinski definition) is 0. The second-order valence-electron chi connectivity index (χ2n) is 12.0. The Morgan fingerprint density at radius 1 is 0.633 bits per heavy atom. The molecule has 0 atom stereocenters. The number of esters is 1. The molecule has 49 heavy (non-hydrogen) atoms. The van der Waals surface area contributed by atoms with Crippen LogP contribution in [0.15, 0.2) is 138 Å². The Bertz CT molecular complexity index is 2060. The van der Waals surface area contributed by atoms with Crippen LogP contribution >= 0.6 is 15.9 Å². The lowest BCUT2D eigenvalue weighted by Gasteiger charge is -2.24. The third-order valence-corrected chi connectivity index (χ3v) is 9.22. The molecule has 1 amide bonds. The lowest BCUT2D eigenvalue weighted by atomic mass is 10.0. The minimum atomic E-state index is -0.328. The molecule has 0 heterocycles. The number of nitrogens with zero attached hydrogens (tertiary/aromatic N) is 1. The molecule has 0 aromatic heterocycles. The first-order valence-corrected chi connectivity index (χ1v) is 17.4. The molecule has 0 fully saturated rings. The zero-order valence-electron chi connectivity index (χ0n) is 27.7. The van der Waals surface area contributed by atoms with Crippen LogP contribution in [0.2, 0.25) is 0 Å². The molecule has 6 aromatic rings. The van der Waals surface area contributed by atoms with Crippen molar-refractivity contribution in [3.8, 4) is 28.4 Å². The fourth-order valence-electron chi connectivity index (χ4n) is 5.79. The number of hydrogen-bond acceptors (Lipinski definition) is 4. The molecule has 6 heteroatoms. The van der Waals surface area contributed by atoms with E-state index in [2.05, 4.69) is 53.2 Å². The first kappa shape index (κ1) is 33.7. The maximum absolute atomic E-state index is 14.0. The van der Waals surface area contributed by atoms with Gasteiger partial charge in [0, 0.05) is 25.1 Å². The standard InChI is InChI=1S/C43H38BrNO4/c1-3-10-30-15-18-33(19-16-30)34-20-22-35(23-21-34)43(47)45(28-31-11-6-5-7-12-31)29-32-17-25-37-36(27-32)24-26-40(42(37)44)48-38-13-8-9-14-39(38)49-41(46)4-2/h5-9,11-27H,3-4,10,28-29H2,1-2H3. The van der Waals surface area contributed by atoms with Gasteiger partial charge < -0.3 is 14.4 Å². The van der Waals surface area contributed by atoms with Gasteiger partial charge in [0.25, 0.3) is 5.91 Å².